The molecule has 2 rings (SSSR count). The van der Waals surface area contributed by atoms with Gasteiger partial charge in [-0.3, -0.25) is 0 Å². The molecule has 2 N–H and O–H groups in total. The molecule has 0 bridgehead atoms. The molecule has 4 heteroatoms. The molecule has 0 aliphatic carbocycles. The zero-order valence-corrected chi connectivity index (χ0v) is 11.4. The predicted octanol–water partition coefficient (Wildman–Crippen LogP) is 3.23. The van der Waals surface area contributed by atoms with Gasteiger partial charge in [-0.2, -0.15) is 0 Å². The third-order valence-corrected chi connectivity index (χ3v) is 3.31. The van der Waals surface area contributed by atoms with Crippen LogP contribution in [0.15, 0.2) is 34.9 Å². The van der Waals surface area contributed by atoms with Gasteiger partial charge in [0, 0.05) is 33.5 Å². The summed E-state index contributed by atoms with van der Waals surface area (Å²) in [6.07, 6.45) is 1.81. The molecule has 0 saturated heterocycles. The number of nitrogens with two attached hydrogens (primary N) is 1. The van der Waals surface area contributed by atoms with Gasteiger partial charge in [0.05, 0.1) is 0 Å². The summed E-state index contributed by atoms with van der Waals surface area (Å²) in [7, 11) is 0. The summed E-state index contributed by atoms with van der Waals surface area (Å²) in [4.78, 5) is 8.88. The third kappa shape index (κ3) is 2.53. The first-order valence-corrected chi connectivity index (χ1v) is 6.23. The predicted molar refractivity (Wildman–Crippen MR) is 72.5 cm³/mol. The van der Waals surface area contributed by atoms with Crippen molar-refractivity contribution in [1.82, 2.24) is 9.97 Å². The Morgan fingerprint density at radius 1 is 1.29 bits per heavy atom. The first-order valence-electron chi connectivity index (χ1n) is 5.43. The standard InChI is InChI=1S/C13H14BrN3/c1-8(15)11-7-16-13(17-9(11)2)10-5-3-4-6-12(10)14/h3-8H,15H2,1-2H3. The van der Waals surface area contributed by atoms with Crippen molar-refractivity contribution in [1.29, 1.82) is 0 Å². The van der Waals surface area contributed by atoms with Gasteiger partial charge in [-0.1, -0.05) is 34.1 Å². The fourth-order valence-electron chi connectivity index (χ4n) is 1.70. The van der Waals surface area contributed by atoms with Crippen molar-refractivity contribution in [3.05, 3.63) is 46.2 Å². The maximum absolute atomic E-state index is 5.84. The van der Waals surface area contributed by atoms with Crippen molar-refractivity contribution in [2.24, 2.45) is 5.73 Å². The van der Waals surface area contributed by atoms with Crippen LogP contribution in [0.5, 0.6) is 0 Å². The number of aromatic nitrogens is 2. The van der Waals surface area contributed by atoms with Crippen molar-refractivity contribution < 1.29 is 0 Å². The van der Waals surface area contributed by atoms with Crippen LogP contribution in [0, 0.1) is 6.92 Å². The number of aryl methyl sites for hydroxylation is 1. The van der Waals surface area contributed by atoms with Gasteiger partial charge in [0.15, 0.2) is 5.82 Å². The van der Waals surface area contributed by atoms with E-state index in [1.807, 2.05) is 44.3 Å². The van der Waals surface area contributed by atoms with E-state index in [0.717, 1.165) is 27.1 Å². The Kier molecular flexibility index (Phi) is 3.54. The van der Waals surface area contributed by atoms with Crippen LogP contribution < -0.4 is 5.73 Å². The largest absolute Gasteiger partial charge is 0.324 e. The molecule has 1 heterocycles. The summed E-state index contributed by atoms with van der Waals surface area (Å²) in [5.74, 6) is 0.722. The average molecular weight is 292 g/mol. The Morgan fingerprint density at radius 2 is 2.00 bits per heavy atom. The Morgan fingerprint density at radius 3 is 2.59 bits per heavy atom. The van der Waals surface area contributed by atoms with Crippen LogP contribution in [0.3, 0.4) is 0 Å². The van der Waals surface area contributed by atoms with Gasteiger partial charge in [-0.15, -0.1) is 0 Å². The summed E-state index contributed by atoms with van der Waals surface area (Å²) < 4.78 is 0.993. The lowest BCUT2D eigenvalue weighted by atomic mass is 10.1. The smallest absolute Gasteiger partial charge is 0.160 e. The fourth-order valence-corrected chi connectivity index (χ4v) is 2.16. The molecule has 0 radical (unpaired) electrons. The first-order chi connectivity index (χ1) is 8.09. The van der Waals surface area contributed by atoms with Crippen LogP contribution in [-0.2, 0) is 0 Å². The quantitative estimate of drug-likeness (QED) is 0.924. The van der Waals surface area contributed by atoms with Crippen LogP contribution >= 0.6 is 15.9 Å². The van der Waals surface area contributed by atoms with E-state index in [2.05, 4.69) is 25.9 Å². The maximum Gasteiger partial charge on any atom is 0.160 e. The molecule has 0 aliphatic rings. The monoisotopic (exact) mass is 291 g/mol. The molecule has 2 aromatic rings. The fraction of sp³-hybridized carbons (Fsp3) is 0.231. The summed E-state index contributed by atoms with van der Waals surface area (Å²) in [5, 5.41) is 0. The highest BCUT2D eigenvalue weighted by atomic mass is 79.9. The molecule has 0 fully saturated rings. The van der Waals surface area contributed by atoms with Crippen molar-refractivity contribution >= 4 is 15.9 Å². The highest BCUT2D eigenvalue weighted by Gasteiger charge is 2.10. The molecule has 88 valence electrons. The minimum Gasteiger partial charge on any atom is -0.324 e. The lowest BCUT2D eigenvalue weighted by Gasteiger charge is -2.10. The third-order valence-electron chi connectivity index (χ3n) is 2.62. The Hall–Kier alpha value is -1.26. The molecule has 1 aromatic heterocycles. The molecular weight excluding hydrogens is 278 g/mol. The first kappa shape index (κ1) is 12.2. The Balaban J connectivity index is 2.49. The summed E-state index contributed by atoms with van der Waals surface area (Å²) >= 11 is 3.50. The van der Waals surface area contributed by atoms with E-state index < -0.39 is 0 Å². The van der Waals surface area contributed by atoms with Gasteiger partial charge >= 0.3 is 0 Å². The molecule has 1 unspecified atom stereocenters. The minimum absolute atomic E-state index is 0.0386. The van der Waals surface area contributed by atoms with Gasteiger partial charge < -0.3 is 5.73 Å². The van der Waals surface area contributed by atoms with Crippen LogP contribution in [-0.4, -0.2) is 9.97 Å². The number of rotatable bonds is 2. The van der Waals surface area contributed by atoms with Crippen molar-refractivity contribution in [2.75, 3.05) is 0 Å². The maximum atomic E-state index is 5.84. The van der Waals surface area contributed by atoms with Crippen molar-refractivity contribution in [3.8, 4) is 11.4 Å². The molecule has 3 nitrogen and oxygen atoms in total. The van der Waals surface area contributed by atoms with E-state index >= 15 is 0 Å². The van der Waals surface area contributed by atoms with Crippen LogP contribution in [0.25, 0.3) is 11.4 Å². The van der Waals surface area contributed by atoms with E-state index in [9.17, 15) is 0 Å². The minimum atomic E-state index is -0.0386. The van der Waals surface area contributed by atoms with Crippen LogP contribution in [0.1, 0.15) is 24.2 Å². The van der Waals surface area contributed by atoms with Crippen LogP contribution in [0.4, 0.5) is 0 Å². The molecule has 1 aromatic carbocycles. The SMILES string of the molecule is Cc1nc(-c2ccccc2Br)ncc1C(C)N. The summed E-state index contributed by atoms with van der Waals surface area (Å²) in [6.45, 7) is 3.89. The van der Waals surface area contributed by atoms with E-state index in [0.29, 0.717) is 0 Å². The number of nitrogens with zero attached hydrogens (tertiary/aromatic N) is 2. The van der Waals surface area contributed by atoms with E-state index in [4.69, 9.17) is 5.73 Å². The molecule has 0 amide bonds. The number of benzene rings is 1. The van der Waals surface area contributed by atoms with Gasteiger partial charge in [-0.05, 0) is 19.9 Å². The molecule has 0 aliphatic heterocycles. The normalized spacial score (nSPS) is 12.5. The molecule has 0 saturated carbocycles. The number of hydrogen-bond donors (Lipinski definition) is 1. The zero-order chi connectivity index (χ0) is 12.4. The van der Waals surface area contributed by atoms with Crippen LogP contribution in [0.2, 0.25) is 0 Å². The number of halogens is 1. The summed E-state index contributed by atoms with van der Waals surface area (Å²) in [5.41, 5.74) is 8.75. The number of hydrogen-bond acceptors (Lipinski definition) is 3. The van der Waals surface area contributed by atoms with E-state index in [1.54, 1.807) is 0 Å². The Labute approximate surface area is 109 Å². The second-order valence-corrected chi connectivity index (χ2v) is 4.86. The lowest BCUT2D eigenvalue weighted by molar-refractivity contribution is 0.790. The van der Waals surface area contributed by atoms with Crippen molar-refractivity contribution in [2.45, 2.75) is 19.9 Å². The van der Waals surface area contributed by atoms with Crippen molar-refractivity contribution in [3.63, 3.8) is 0 Å². The van der Waals surface area contributed by atoms with Gasteiger partial charge in [-0.25, -0.2) is 9.97 Å². The zero-order valence-electron chi connectivity index (χ0n) is 9.81. The second-order valence-electron chi connectivity index (χ2n) is 4.00. The molecule has 0 spiro atoms. The van der Waals surface area contributed by atoms with Gasteiger partial charge in [0.25, 0.3) is 0 Å². The highest BCUT2D eigenvalue weighted by Crippen LogP contribution is 2.26. The van der Waals surface area contributed by atoms with E-state index in [1.165, 1.54) is 0 Å². The van der Waals surface area contributed by atoms with E-state index in [-0.39, 0.29) is 6.04 Å². The molecule has 1 atom stereocenters. The topological polar surface area (TPSA) is 51.8 Å². The molecule has 17 heavy (non-hydrogen) atoms. The second kappa shape index (κ2) is 4.94. The highest BCUT2D eigenvalue weighted by molar-refractivity contribution is 9.10. The summed E-state index contributed by atoms with van der Waals surface area (Å²) in [6, 6.07) is 7.87. The van der Waals surface area contributed by atoms with Gasteiger partial charge in [0.1, 0.15) is 0 Å². The van der Waals surface area contributed by atoms with Gasteiger partial charge in [0.2, 0.25) is 0 Å². The molecular formula is C13H14BrN3. The lowest BCUT2D eigenvalue weighted by Crippen LogP contribution is -2.09. The Bertz CT molecular complexity index is 538. The average Bonchev–Trinajstić information content (AvgIpc) is 2.29.